The number of aliphatic hydroxyl groups excluding tert-OH is 1. The molecule has 0 aromatic rings. The Bertz CT molecular complexity index is 816. The molecule has 1 unspecified atom stereocenters. The number of carbonyl (C=O) groups is 2. The van der Waals surface area contributed by atoms with Crippen molar-refractivity contribution in [2.24, 2.45) is 0 Å². The normalized spacial score (nSPS) is 12.5. The molecule has 0 fully saturated rings. The standard InChI is InChI=1S/C46H84O5/c1-3-5-7-9-11-13-15-17-19-21-23-25-27-29-31-33-35-37-39-41-46(49)51-44(42-47)43-50-45(48)40-38-36-34-32-30-28-26-24-22-20-18-16-14-12-10-8-6-4-2/h11,13,17,19-20,22,44,47H,3-10,12,14-16,18,21,23-43H2,1-2H3/b13-11-,19-17-,22-20-. The first-order valence-corrected chi connectivity index (χ1v) is 22.0. The molecule has 51 heavy (non-hydrogen) atoms. The summed E-state index contributed by atoms with van der Waals surface area (Å²) in [4.78, 5) is 24.3. The Balaban J connectivity index is 3.53. The Kier molecular flexibility index (Phi) is 41.0. The van der Waals surface area contributed by atoms with Gasteiger partial charge < -0.3 is 14.6 Å². The van der Waals surface area contributed by atoms with Gasteiger partial charge in [0.2, 0.25) is 0 Å². The van der Waals surface area contributed by atoms with E-state index in [9.17, 15) is 14.7 Å². The lowest BCUT2D eigenvalue weighted by molar-refractivity contribution is -0.161. The summed E-state index contributed by atoms with van der Waals surface area (Å²) < 4.78 is 10.6. The molecule has 0 heterocycles. The number of allylic oxidation sites excluding steroid dienone is 6. The van der Waals surface area contributed by atoms with Gasteiger partial charge >= 0.3 is 11.9 Å². The fourth-order valence-electron chi connectivity index (χ4n) is 6.29. The quantitative estimate of drug-likeness (QED) is 0.0388. The molecule has 0 radical (unpaired) electrons. The fourth-order valence-corrected chi connectivity index (χ4v) is 6.29. The largest absolute Gasteiger partial charge is 0.462 e. The highest BCUT2D eigenvalue weighted by Crippen LogP contribution is 2.14. The number of hydrogen-bond acceptors (Lipinski definition) is 5. The summed E-state index contributed by atoms with van der Waals surface area (Å²) in [5.74, 6) is -0.595. The van der Waals surface area contributed by atoms with E-state index in [1.54, 1.807) is 0 Å². The maximum Gasteiger partial charge on any atom is 0.306 e. The average Bonchev–Trinajstić information content (AvgIpc) is 3.13. The van der Waals surface area contributed by atoms with Gasteiger partial charge in [0, 0.05) is 12.8 Å². The number of aliphatic hydroxyl groups is 1. The van der Waals surface area contributed by atoms with Crippen molar-refractivity contribution in [2.75, 3.05) is 13.2 Å². The topological polar surface area (TPSA) is 72.8 Å². The molecule has 0 amide bonds. The van der Waals surface area contributed by atoms with Crippen molar-refractivity contribution in [2.45, 2.75) is 232 Å². The Morgan fingerprint density at radius 2 is 0.784 bits per heavy atom. The van der Waals surface area contributed by atoms with Crippen LogP contribution in [0.1, 0.15) is 226 Å². The second-order valence-electron chi connectivity index (χ2n) is 14.8. The molecule has 0 aliphatic heterocycles. The van der Waals surface area contributed by atoms with Gasteiger partial charge in [0.25, 0.3) is 0 Å². The third kappa shape index (κ3) is 40.7. The van der Waals surface area contributed by atoms with Crippen LogP contribution in [0, 0.1) is 0 Å². The molecule has 0 saturated heterocycles. The first-order valence-electron chi connectivity index (χ1n) is 22.0. The number of unbranched alkanes of at least 4 members (excludes halogenated alkanes) is 26. The summed E-state index contributed by atoms with van der Waals surface area (Å²) in [6, 6.07) is 0. The van der Waals surface area contributed by atoms with Crippen molar-refractivity contribution in [3.8, 4) is 0 Å². The molecule has 0 rings (SSSR count). The minimum Gasteiger partial charge on any atom is -0.462 e. The van der Waals surface area contributed by atoms with Crippen molar-refractivity contribution < 1.29 is 24.2 Å². The van der Waals surface area contributed by atoms with E-state index < -0.39 is 6.10 Å². The van der Waals surface area contributed by atoms with E-state index in [0.717, 1.165) is 44.9 Å². The number of ether oxygens (including phenoxy) is 2. The number of esters is 2. The molecule has 298 valence electrons. The maximum absolute atomic E-state index is 12.2. The van der Waals surface area contributed by atoms with Gasteiger partial charge in [-0.1, -0.05) is 179 Å². The fraction of sp³-hybridized carbons (Fsp3) is 0.826. The lowest BCUT2D eigenvalue weighted by Gasteiger charge is -2.15. The summed E-state index contributed by atoms with van der Waals surface area (Å²) in [5, 5.41) is 9.58. The predicted octanol–water partition coefficient (Wildman–Crippen LogP) is 14.0. The SMILES string of the molecule is CCCCC/C=C\C/C=C\CCCCCCCCCCCC(=O)OC(CO)COC(=O)CCCCCCCCC/C=C\CCCCCCCCC. The van der Waals surface area contributed by atoms with E-state index >= 15 is 0 Å². The predicted molar refractivity (Wildman–Crippen MR) is 219 cm³/mol. The van der Waals surface area contributed by atoms with E-state index in [-0.39, 0.29) is 25.2 Å². The Morgan fingerprint density at radius 3 is 1.22 bits per heavy atom. The summed E-state index contributed by atoms with van der Waals surface area (Å²) in [6.07, 6.45) is 52.1. The van der Waals surface area contributed by atoms with Crippen LogP contribution in [0.2, 0.25) is 0 Å². The summed E-state index contributed by atoms with van der Waals surface area (Å²) in [6.45, 7) is 4.12. The zero-order valence-electron chi connectivity index (χ0n) is 33.9. The van der Waals surface area contributed by atoms with Gasteiger partial charge in [-0.15, -0.1) is 0 Å². The van der Waals surface area contributed by atoms with E-state index in [2.05, 4.69) is 50.3 Å². The van der Waals surface area contributed by atoms with Gasteiger partial charge in [-0.05, 0) is 70.6 Å². The van der Waals surface area contributed by atoms with Crippen LogP contribution in [0.4, 0.5) is 0 Å². The molecule has 0 aromatic carbocycles. The molecule has 0 aromatic heterocycles. The summed E-state index contributed by atoms with van der Waals surface area (Å²) in [5.41, 5.74) is 0. The van der Waals surface area contributed by atoms with E-state index in [0.29, 0.717) is 12.8 Å². The number of hydrogen-bond donors (Lipinski definition) is 1. The van der Waals surface area contributed by atoms with Crippen molar-refractivity contribution >= 4 is 11.9 Å². The van der Waals surface area contributed by atoms with Crippen LogP contribution in [0.25, 0.3) is 0 Å². The van der Waals surface area contributed by atoms with Crippen molar-refractivity contribution in [3.05, 3.63) is 36.5 Å². The highest BCUT2D eigenvalue weighted by atomic mass is 16.6. The van der Waals surface area contributed by atoms with Crippen LogP contribution in [-0.2, 0) is 19.1 Å². The molecule has 0 saturated carbocycles. The zero-order valence-corrected chi connectivity index (χ0v) is 33.9. The van der Waals surface area contributed by atoms with Gasteiger partial charge in [0.05, 0.1) is 6.61 Å². The average molecular weight is 717 g/mol. The first kappa shape index (κ1) is 49.1. The minimum atomic E-state index is -0.774. The van der Waals surface area contributed by atoms with Crippen LogP contribution in [-0.4, -0.2) is 36.4 Å². The highest BCUT2D eigenvalue weighted by Gasteiger charge is 2.16. The van der Waals surface area contributed by atoms with Crippen LogP contribution in [0.3, 0.4) is 0 Å². The van der Waals surface area contributed by atoms with Crippen LogP contribution < -0.4 is 0 Å². The van der Waals surface area contributed by atoms with Crippen LogP contribution in [0.15, 0.2) is 36.5 Å². The summed E-state index contributed by atoms with van der Waals surface area (Å²) >= 11 is 0. The molecule has 5 nitrogen and oxygen atoms in total. The molecule has 1 N–H and O–H groups in total. The molecule has 0 spiro atoms. The minimum absolute atomic E-state index is 0.0681. The maximum atomic E-state index is 12.2. The molecule has 0 aliphatic carbocycles. The molecule has 1 atom stereocenters. The Labute approximate surface area is 316 Å². The zero-order chi connectivity index (χ0) is 37.1. The molecular weight excluding hydrogens is 633 g/mol. The third-order valence-corrected chi connectivity index (χ3v) is 9.66. The van der Waals surface area contributed by atoms with Crippen molar-refractivity contribution in [1.29, 1.82) is 0 Å². The first-order chi connectivity index (χ1) is 25.1. The van der Waals surface area contributed by atoms with Crippen LogP contribution >= 0.6 is 0 Å². The third-order valence-electron chi connectivity index (χ3n) is 9.66. The second-order valence-corrected chi connectivity index (χ2v) is 14.8. The van der Waals surface area contributed by atoms with Gasteiger partial charge in [-0.2, -0.15) is 0 Å². The highest BCUT2D eigenvalue weighted by molar-refractivity contribution is 5.70. The lowest BCUT2D eigenvalue weighted by atomic mass is 10.1. The van der Waals surface area contributed by atoms with Gasteiger partial charge in [-0.25, -0.2) is 0 Å². The molecule has 0 bridgehead atoms. The summed E-state index contributed by atoms with van der Waals surface area (Å²) in [7, 11) is 0. The smallest absolute Gasteiger partial charge is 0.306 e. The second kappa shape index (κ2) is 42.5. The molecule has 5 heteroatoms. The Hall–Kier alpha value is -1.88. The Morgan fingerprint density at radius 1 is 0.451 bits per heavy atom. The molecular formula is C46H84O5. The van der Waals surface area contributed by atoms with Gasteiger partial charge in [0.1, 0.15) is 6.61 Å². The van der Waals surface area contributed by atoms with Gasteiger partial charge in [-0.3, -0.25) is 9.59 Å². The number of carbonyl (C=O) groups excluding carboxylic acids is 2. The van der Waals surface area contributed by atoms with E-state index in [1.807, 2.05) is 0 Å². The lowest BCUT2D eigenvalue weighted by Crippen LogP contribution is -2.28. The van der Waals surface area contributed by atoms with Crippen LogP contribution in [0.5, 0.6) is 0 Å². The molecule has 0 aliphatic rings. The van der Waals surface area contributed by atoms with Crippen molar-refractivity contribution in [3.63, 3.8) is 0 Å². The monoisotopic (exact) mass is 717 g/mol. The van der Waals surface area contributed by atoms with E-state index in [1.165, 1.54) is 154 Å². The number of rotatable bonds is 40. The van der Waals surface area contributed by atoms with E-state index in [4.69, 9.17) is 9.47 Å². The van der Waals surface area contributed by atoms with Gasteiger partial charge in [0.15, 0.2) is 6.10 Å². The van der Waals surface area contributed by atoms with Crippen molar-refractivity contribution in [1.82, 2.24) is 0 Å².